The van der Waals surface area contributed by atoms with Gasteiger partial charge in [0, 0.05) is 25.2 Å². The van der Waals surface area contributed by atoms with Crippen molar-refractivity contribution in [2.24, 2.45) is 5.92 Å². The lowest BCUT2D eigenvalue weighted by molar-refractivity contribution is 0.0846. The van der Waals surface area contributed by atoms with Gasteiger partial charge < -0.3 is 14.4 Å². The van der Waals surface area contributed by atoms with Gasteiger partial charge in [-0.3, -0.25) is 20.4 Å². The first-order chi connectivity index (χ1) is 14.2. The molecule has 0 fully saturated rings. The Morgan fingerprint density at radius 1 is 1.00 bits per heavy atom. The van der Waals surface area contributed by atoms with Gasteiger partial charge in [0.1, 0.15) is 5.82 Å². The smallest absolute Gasteiger partial charge is 0.269 e. The number of nitrogens with one attached hydrogen (secondary N) is 2. The molecule has 0 aliphatic heterocycles. The number of halogens is 1. The van der Waals surface area contributed by atoms with Gasteiger partial charge in [0.25, 0.3) is 11.8 Å². The molecule has 0 unspecified atom stereocenters. The summed E-state index contributed by atoms with van der Waals surface area (Å²) >= 11 is 0. The van der Waals surface area contributed by atoms with E-state index in [1.165, 1.54) is 25.3 Å². The fraction of sp³-hybridized carbons (Fsp3) is 0.364. The molecule has 8 heteroatoms. The lowest BCUT2D eigenvalue weighted by Crippen LogP contribution is -2.41. The molecule has 0 spiro atoms. The maximum atomic E-state index is 14.0. The summed E-state index contributed by atoms with van der Waals surface area (Å²) in [6.45, 7) is 4.75. The molecule has 2 aromatic rings. The van der Waals surface area contributed by atoms with Gasteiger partial charge >= 0.3 is 0 Å². The zero-order valence-corrected chi connectivity index (χ0v) is 17.9. The highest BCUT2D eigenvalue weighted by molar-refractivity contribution is 5.99. The molecule has 162 valence electrons. The number of hydrogen-bond donors (Lipinski definition) is 2. The maximum absolute atomic E-state index is 14.0. The van der Waals surface area contributed by atoms with Gasteiger partial charge in [-0.15, -0.1) is 0 Å². The molecule has 0 saturated heterocycles. The Morgan fingerprint density at radius 2 is 1.60 bits per heavy atom. The Hall–Kier alpha value is -3.29. The third-order valence-electron chi connectivity index (χ3n) is 4.36. The van der Waals surface area contributed by atoms with Gasteiger partial charge in [-0.1, -0.05) is 13.8 Å². The molecule has 0 aliphatic carbocycles. The van der Waals surface area contributed by atoms with Crippen molar-refractivity contribution >= 4 is 17.5 Å². The van der Waals surface area contributed by atoms with Crippen molar-refractivity contribution in [3.05, 3.63) is 53.3 Å². The first-order valence-electron chi connectivity index (χ1n) is 9.61. The van der Waals surface area contributed by atoms with E-state index in [0.29, 0.717) is 29.7 Å². The van der Waals surface area contributed by atoms with Crippen LogP contribution in [0.25, 0.3) is 0 Å². The largest absolute Gasteiger partial charge is 0.493 e. The molecule has 0 bridgehead atoms. The summed E-state index contributed by atoms with van der Waals surface area (Å²) in [5, 5.41) is 0. The fourth-order valence-corrected chi connectivity index (χ4v) is 2.60. The number of ether oxygens (including phenoxy) is 2. The summed E-state index contributed by atoms with van der Waals surface area (Å²) < 4.78 is 25.0. The normalized spacial score (nSPS) is 10.5. The van der Waals surface area contributed by atoms with Crippen molar-refractivity contribution in [2.45, 2.75) is 20.3 Å². The zero-order chi connectivity index (χ0) is 22.3. The van der Waals surface area contributed by atoms with Crippen LogP contribution in [0.5, 0.6) is 11.5 Å². The summed E-state index contributed by atoms with van der Waals surface area (Å²) in [7, 11) is 4.89. The van der Waals surface area contributed by atoms with E-state index in [1.807, 2.05) is 0 Å². The SMILES string of the molecule is COc1cc(C(=O)NNC(=O)c2ccc(N(C)C)c(F)c2)ccc1OCCC(C)C. The van der Waals surface area contributed by atoms with Crippen molar-refractivity contribution in [3.63, 3.8) is 0 Å². The van der Waals surface area contributed by atoms with Crippen LogP contribution in [0.4, 0.5) is 10.1 Å². The van der Waals surface area contributed by atoms with Crippen molar-refractivity contribution in [3.8, 4) is 11.5 Å². The van der Waals surface area contributed by atoms with E-state index in [4.69, 9.17) is 9.47 Å². The second-order valence-electron chi connectivity index (χ2n) is 7.37. The zero-order valence-electron chi connectivity index (χ0n) is 17.9. The second kappa shape index (κ2) is 10.5. The van der Waals surface area contributed by atoms with Crippen LogP contribution < -0.4 is 25.2 Å². The predicted octanol–water partition coefficient (Wildman–Crippen LogP) is 3.40. The third-order valence-corrected chi connectivity index (χ3v) is 4.36. The number of anilines is 1. The number of nitrogens with zero attached hydrogens (tertiary/aromatic N) is 1. The molecule has 0 aromatic heterocycles. The molecule has 7 nitrogen and oxygen atoms in total. The summed E-state index contributed by atoms with van der Waals surface area (Å²) in [4.78, 5) is 26.2. The Kier molecular flexibility index (Phi) is 8.03. The average molecular weight is 417 g/mol. The van der Waals surface area contributed by atoms with Crippen molar-refractivity contribution in [1.82, 2.24) is 10.9 Å². The summed E-state index contributed by atoms with van der Waals surface area (Å²) in [6.07, 6.45) is 0.896. The molecular formula is C22H28FN3O4. The monoisotopic (exact) mass is 417 g/mol. The summed E-state index contributed by atoms with van der Waals surface area (Å²) in [5.74, 6) is -0.239. The molecule has 0 atom stereocenters. The standard InChI is InChI=1S/C22H28FN3O4/c1-14(2)10-11-30-19-9-7-16(13-20(19)29-5)22(28)25-24-21(27)15-6-8-18(26(3)4)17(23)12-15/h6-9,12-14H,10-11H2,1-5H3,(H,24,27)(H,25,28). The van der Waals surface area contributed by atoms with Gasteiger partial charge in [-0.2, -0.15) is 0 Å². The number of rotatable bonds is 8. The van der Waals surface area contributed by atoms with E-state index < -0.39 is 17.6 Å². The molecule has 0 heterocycles. The van der Waals surface area contributed by atoms with Crippen molar-refractivity contribution < 1.29 is 23.5 Å². The van der Waals surface area contributed by atoms with Crippen LogP contribution in [0.3, 0.4) is 0 Å². The van der Waals surface area contributed by atoms with Gasteiger partial charge in [0.2, 0.25) is 0 Å². The first-order valence-corrected chi connectivity index (χ1v) is 9.61. The molecule has 0 radical (unpaired) electrons. The number of amides is 2. The van der Waals surface area contributed by atoms with Gasteiger partial charge in [0.05, 0.1) is 19.4 Å². The highest BCUT2D eigenvalue weighted by atomic mass is 19.1. The highest BCUT2D eigenvalue weighted by Gasteiger charge is 2.14. The van der Waals surface area contributed by atoms with Crippen LogP contribution in [0.2, 0.25) is 0 Å². The van der Waals surface area contributed by atoms with Gasteiger partial charge in [-0.05, 0) is 48.7 Å². The third kappa shape index (κ3) is 6.10. The number of carbonyl (C=O) groups is 2. The van der Waals surface area contributed by atoms with Crippen molar-refractivity contribution in [1.29, 1.82) is 0 Å². The minimum Gasteiger partial charge on any atom is -0.493 e. The number of carbonyl (C=O) groups excluding carboxylic acids is 2. The summed E-state index contributed by atoms with van der Waals surface area (Å²) in [6, 6.07) is 8.83. The van der Waals surface area contributed by atoms with Crippen LogP contribution in [0.15, 0.2) is 36.4 Å². The van der Waals surface area contributed by atoms with Gasteiger partial charge in [0.15, 0.2) is 11.5 Å². The van der Waals surface area contributed by atoms with Crippen LogP contribution in [0, 0.1) is 11.7 Å². The Balaban J connectivity index is 2.00. The molecule has 0 saturated carbocycles. The Labute approximate surface area is 176 Å². The minimum absolute atomic E-state index is 0.0879. The molecule has 2 rings (SSSR count). The van der Waals surface area contributed by atoms with Crippen molar-refractivity contribution in [2.75, 3.05) is 32.7 Å². The van der Waals surface area contributed by atoms with E-state index in [9.17, 15) is 14.0 Å². The molecule has 30 heavy (non-hydrogen) atoms. The number of hydrazine groups is 1. The molecular weight excluding hydrogens is 389 g/mol. The highest BCUT2D eigenvalue weighted by Crippen LogP contribution is 2.28. The van der Waals surface area contributed by atoms with Crippen LogP contribution in [0.1, 0.15) is 41.0 Å². The average Bonchev–Trinajstić information content (AvgIpc) is 2.71. The fourth-order valence-electron chi connectivity index (χ4n) is 2.60. The quantitative estimate of drug-likeness (QED) is 0.644. The lowest BCUT2D eigenvalue weighted by atomic mass is 10.1. The molecule has 2 amide bonds. The maximum Gasteiger partial charge on any atom is 0.269 e. The van der Waals surface area contributed by atoms with E-state index >= 15 is 0 Å². The van der Waals surface area contributed by atoms with Crippen LogP contribution >= 0.6 is 0 Å². The van der Waals surface area contributed by atoms with E-state index in [1.54, 1.807) is 31.1 Å². The number of methoxy groups -OCH3 is 1. The predicted molar refractivity (Wildman–Crippen MR) is 114 cm³/mol. The van der Waals surface area contributed by atoms with Crippen LogP contribution in [-0.4, -0.2) is 39.6 Å². The molecule has 2 N–H and O–H groups in total. The topological polar surface area (TPSA) is 79.9 Å². The molecule has 0 aliphatic rings. The van der Waals surface area contributed by atoms with Crippen LogP contribution in [-0.2, 0) is 0 Å². The second-order valence-corrected chi connectivity index (χ2v) is 7.37. The number of hydrogen-bond acceptors (Lipinski definition) is 5. The van der Waals surface area contributed by atoms with E-state index in [-0.39, 0.29) is 11.1 Å². The first kappa shape index (κ1) is 23.0. The van der Waals surface area contributed by atoms with E-state index in [0.717, 1.165) is 12.5 Å². The minimum atomic E-state index is -0.631. The number of benzene rings is 2. The Morgan fingerprint density at radius 3 is 2.13 bits per heavy atom. The lowest BCUT2D eigenvalue weighted by Gasteiger charge is -2.15. The molecule has 2 aromatic carbocycles. The summed E-state index contributed by atoms with van der Waals surface area (Å²) in [5.41, 5.74) is 5.32. The van der Waals surface area contributed by atoms with Gasteiger partial charge in [-0.25, -0.2) is 4.39 Å². The Bertz CT molecular complexity index is 900. The van der Waals surface area contributed by atoms with E-state index in [2.05, 4.69) is 24.7 Å².